The summed E-state index contributed by atoms with van der Waals surface area (Å²) in [6, 6.07) is 7.30. The average molecular weight is 265 g/mol. The molecule has 2 aromatic rings. The van der Waals surface area contributed by atoms with Crippen LogP contribution in [0.5, 0.6) is 11.6 Å². The van der Waals surface area contributed by atoms with E-state index in [1.165, 1.54) is 11.3 Å². The molecule has 0 atom stereocenters. The Hall–Kier alpha value is -2.08. The first-order chi connectivity index (χ1) is 8.60. The molecule has 0 aliphatic carbocycles. The summed E-state index contributed by atoms with van der Waals surface area (Å²) in [5.74, 6) is 0.804. The van der Waals surface area contributed by atoms with E-state index in [4.69, 9.17) is 9.84 Å². The second-order valence-corrected chi connectivity index (χ2v) is 4.67. The number of hydrogen-bond acceptors (Lipinski definition) is 5. The number of thiazole rings is 1. The van der Waals surface area contributed by atoms with Crippen LogP contribution in [0.25, 0.3) is 10.4 Å². The topological polar surface area (TPSA) is 68.7 Å². The predicted molar refractivity (Wildman–Crippen MR) is 67.5 cm³/mol. The molecule has 0 unspecified atom stereocenters. The molecule has 0 saturated heterocycles. The quantitative estimate of drug-likeness (QED) is 0.863. The van der Waals surface area contributed by atoms with Crippen molar-refractivity contribution in [2.75, 3.05) is 7.11 Å². The lowest BCUT2D eigenvalue weighted by molar-refractivity contribution is 0.143. The van der Waals surface area contributed by atoms with Crippen molar-refractivity contribution in [3.8, 4) is 22.1 Å². The maximum atomic E-state index is 10.6. The molecule has 0 amide bonds. The van der Waals surface area contributed by atoms with Crippen LogP contribution >= 0.6 is 11.3 Å². The lowest BCUT2D eigenvalue weighted by atomic mass is 10.2. The summed E-state index contributed by atoms with van der Waals surface area (Å²) in [7, 11) is 1.58. The van der Waals surface area contributed by atoms with E-state index in [0.717, 1.165) is 10.6 Å². The summed E-state index contributed by atoms with van der Waals surface area (Å²) in [6.07, 6.45) is -1.37. The van der Waals surface area contributed by atoms with Gasteiger partial charge in [0.25, 0.3) is 0 Å². The van der Waals surface area contributed by atoms with Crippen LogP contribution < -0.4 is 9.47 Å². The van der Waals surface area contributed by atoms with Gasteiger partial charge in [0.15, 0.2) is 0 Å². The van der Waals surface area contributed by atoms with Gasteiger partial charge in [0.2, 0.25) is 5.88 Å². The van der Waals surface area contributed by atoms with Crippen molar-refractivity contribution in [2.24, 2.45) is 0 Å². The number of aromatic nitrogens is 1. The first-order valence-corrected chi connectivity index (χ1v) is 5.94. The van der Waals surface area contributed by atoms with Gasteiger partial charge >= 0.3 is 6.16 Å². The van der Waals surface area contributed by atoms with Crippen molar-refractivity contribution < 1.29 is 19.4 Å². The maximum Gasteiger partial charge on any atom is 0.512 e. The molecule has 18 heavy (non-hydrogen) atoms. The Morgan fingerprint density at radius 1 is 1.44 bits per heavy atom. The number of carboxylic acid groups (broad SMARTS) is 1. The molecule has 2 rings (SSSR count). The highest BCUT2D eigenvalue weighted by molar-refractivity contribution is 7.15. The van der Waals surface area contributed by atoms with Gasteiger partial charge in [-0.1, -0.05) is 12.1 Å². The molecule has 1 N–H and O–H groups in total. The minimum Gasteiger partial charge on any atom is -0.497 e. The maximum absolute atomic E-state index is 10.6. The van der Waals surface area contributed by atoms with Crippen molar-refractivity contribution in [1.82, 2.24) is 4.98 Å². The van der Waals surface area contributed by atoms with Crippen molar-refractivity contribution in [3.05, 3.63) is 29.3 Å². The van der Waals surface area contributed by atoms with E-state index in [1.807, 2.05) is 24.3 Å². The fraction of sp³-hybridized carbons (Fsp3) is 0.167. The summed E-state index contributed by atoms with van der Waals surface area (Å²) < 4.78 is 9.80. The van der Waals surface area contributed by atoms with Gasteiger partial charge in [0.1, 0.15) is 5.75 Å². The van der Waals surface area contributed by atoms with E-state index < -0.39 is 6.16 Å². The third-order valence-electron chi connectivity index (χ3n) is 2.22. The average Bonchev–Trinajstić information content (AvgIpc) is 2.69. The van der Waals surface area contributed by atoms with E-state index >= 15 is 0 Å². The molecule has 1 aromatic heterocycles. The minimum absolute atomic E-state index is 0.109. The lowest BCUT2D eigenvalue weighted by Gasteiger charge is -2.03. The Morgan fingerprint density at radius 3 is 2.89 bits per heavy atom. The lowest BCUT2D eigenvalue weighted by Crippen LogP contribution is -2.04. The van der Waals surface area contributed by atoms with Gasteiger partial charge in [-0.15, -0.1) is 11.3 Å². The molecule has 0 spiro atoms. The molecule has 0 aliphatic rings. The van der Waals surface area contributed by atoms with Gasteiger partial charge in [-0.05, 0) is 19.1 Å². The number of ether oxygens (including phenoxy) is 2. The van der Waals surface area contributed by atoms with Crippen LogP contribution in [0.2, 0.25) is 0 Å². The zero-order valence-corrected chi connectivity index (χ0v) is 10.7. The van der Waals surface area contributed by atoms with Crippen LogP contribution in [0.15, 0.2) is 24.3 Å². The van der Waals surface area contributed by atoms with Gasteiger partial charge < -0.3 is 14.6 Å². The number of carbonyl (C=O) groups is 1. The van der Waals surface area contributed by atoms with E-state index in [-0.39, 0.29) is 5.88 Å². The second-order valence-electron chi connectivity index (χ2n) is 3.47. The summed E-state index contributed by atoms with van der Waals surface area (Å²) in [5.41, 5.74) is 0.816. The highest BCUT2D eigenvalue weighted by Crippen LogP contribution is 2.36. The van der Waals surface area contributed by atoms with Crippen molar-refractivity contribution in [3.63, 3.8) is 0 Å². The molecular weight excluding hydrogens is 254 g/mol. The van der Waals surface area contributed by atoms with Crippen LogP contribution in [0.4, 0.5) is 4.79 Å². The van der Waals surface area contributed by atoms with Crippen LogP contribution in [0, 0.1) is 6.92 Å². The standard InChI is InChI=1S/C12H11NO4S/c1-7-13-11(17-12(14)15)10(18-7)8-4-3-5-9(6-8)16-2/h3-6H,1-2H3,(H,14,15). The molecule has 0 bridgehead atoms. The Bertz CT molecular complexity index is 579. The van der Waals surface area contributed by atoms with Gasteiger partial charge in [0.05, 0.1) is 17.0 Å². The fourth-order valence-corrected chi connectivity index (χ4v) is 2.35. The fourth-order valence-electron chi connectivity index (χ4n) is 1.51. The Labute approximate surface area is 108 Å². The normalized spacial score (nSPS) is 10.1. The summed E-state index contributed by atoms with van der Waals surface area (Å²) in [6.45, 7) is 1.79. The summed E-state index contributed by atoms with van der Waals surface area (Å²) >= 11 is 1.37. The zero-order valence-electron chi connectivity index (χ0n) is 9.84. The molecule has 5 nitrogen and oxygen atoms in total. The van der Waals surface area contributed by atoms with Gasteiger partial charge in [-0.2, -0.15) is 0 Å². The zero-order chi connectivity index (χ0) is 13.1. The molecule has 0 aliphatic heterocycles. The number of nitrogens with zero attached hydrogens (tertiary/aromatic N) is 1. The number of methoxy groups -OCH3 is 1. The molecule has 1 heterocycles. The van der Waals surface area contributed by atoms with E-state index in [0.29, 0.717) is 10.6 Å². The van der Waals surface area contributed by atoms with Gasteiger partial charge in [-0.25, -0.2) is 9.78 Å². The monoisotopic (exact) mass is 265 g/mol. The van der Waals surface area contributed by atoms with Crippen LogP contribution in [0.1, 0.15) is 5.01 Å². The Balaban J connectivity index is 2.45. The smallest absolute Gasteiger partial charge is 0.497 e. The van der Waals surface area contributed by atoms with Crippen molar-refractivity contribution >= 4 is 17.5 Å². The SMILES string of the molecule is COc1cccc(-c2sc(C)nc2OC(=O)O)c1. The highest BCUT2D eigenvalue weighted by Gasteiger charge is 2.15. The number of rotatable bonds is 3. The first kappa shape index (κ1) is 12.4. The van der Waals surface area contributed by atoms with E-state index in [9.17, 15) is 4.79 Å². The number of aryl methyl sites for hydroxylation is 1. The summed E-state index contributed by atoms with van der Waals surface area (Å²) in [4.78, 5) is 15.3. The predicted octanol–water partition coefficient (Wildman–Crippen LogP) is 3.18. The highest BCUT2D eigenvalue weighted by atomic mass is 32.1. The van der Waals surface area contributed by atoms with Crippen LogP contribution in [-0.2, 0) is 0 Å². The minimum atomic E-state index is -1.37. The van der Waals surface area contributed by atoms with Crippen LogP contribution in [-0.4, -0.2) is 23.4 Å². The van der Waals surface area contributed by atoms with Crippen LogP contribution in [0.3, 0.4) is 0 Å². The second kappa shape index (κ2) is 5.05. The number of benzene rings is 1. The molecule has 0 saturated carbocycles. The Kier molecular flexibility index (Phi) is 3.47. The van der Waals surface area contributed by atoms with Crippen molar-refractivity contribution in [1.29, 1.82) is 0 Å². The third-order valence-corrected chi connectivity index (χ3v) is 3.22. The third kappa shape index (κ3) is 2.60. The first-order valence-electron chi connectivity index (χ1n) is 5.13. The Morgan fingerprint density at radius 2 is 2.22 bits per heavy atom. The van der Waals surface area contributed by atoms with E-state index in [1.54, 1.807) is 14.0 Å². The molecule has 0 radical (unpaired) electrons. The van der Waals surface area contributed by atoms with Gasteiger partial charge in [0, 0.05) is 5.56 Å². The summed E-state index contributed by atoms with van der Waals surface area (Å²) in [5, 5.41) is 9.41. The molecule has 0 fully saturated rings. The van der Waals surface area contributed by atoms with E-state index in [2.05, 4.69) is 9.72 Å². The largest absolute Gasteiger partial charge is 0.512 e. The molecule has 94 valence electrons. The van der Waals surface area contributed by atoms with Gasteiger partial charge in [-0.3, -0.25) is 0 Å². The molecular formula is C12H11NO4S. The van der Waals surface area contributed by atoms with Crippen molar-refractivity contribution in [2.45, 2.75) is 6.92 Å². The molecule has 6 heteroatoms. The number of hydrogen-bond donors (Lipinski definition) is 1. The molecule has 1 aromatic carbocycles.